The van der Waals surface area contributed by atoms with Crippen molar-refractivity contribution >= 4 is 5.91 Å². The van der Waals surface area contributed by atoms with Crippen LogP contribution >= 0.6 is 0 Å². The standard InChI is InChI=1S/C9H14N2O/c1-7(6-10)8-4-3-5-11(2)9(8)12/h7-8H,3-5H2,1-2H3. The molecule has 0 N–H and O–H groups in total. The van der Waals surface area contributed by atoms with E-state index in [-0.39, 0.29) is 17.7 Å². The first-order valence-corrected chi connectivity index (χ1v) is 4.31. The Morgan fingerprint density at radius 3 is 3.00 bits per heavy atom. The lowest BCUT2D eigenvalue weighted by atomic mass is 9.87. The zero-order chi connectivity index (χ0) is 9.14. The van der Waals surface area contributed by atoms with Gasteiger partial charge in [0, 0.05) is 13.6 Å². The average molecular weight is 166 g/mol. The van der Waals surface area contributed by atoms with Gasteiger partial charge in [0.1, 0.15) is 0 Å². The van der Waals surface area contributed by atoms with E-state index in [0.717, 1.165) is 19.4 Å². The molecule has 1 fully saturated rings. The van der Waals surface area contributed by atoms with Gasteiger partial charge in [-0.05, 0) is 19.8 Å². The molecule has 12 heavy (non-hydrogen) atoms. The minimum absolute atomic E-state index is 0.0613. The van der Waals surface area contributed by atoms with E-state index < -0.39 is 0 Å². The number of rotatable bonds is 1. The molecule has 0 aromatic rings. The summed E-state index contributed by atoms with van der Waals surface area (Å²) < 4.78 is 0. The van der Waals surface area contributed by atoms with E-state index in [1.165, 1.54) is 0 Å². The Hall–Kier alpha value is -1.04. The third-order valence-electron chi connectivity index (χ3n) is 2.51. The summed E-state index contributed by atoms with van der Waals surface area (Å²) in [6, 6.07) is 2.14. The molecule has 1 amide bonds. The van der Waals surface area contributed by atoms with Gasteiger partial charge < -0.3 is 4.90 Å². The summed E-state index contributed by atoms with van der Waals surface area (Å²) in [6.45, 7) is 2.66. The number of hydrogen-bond donors (Lipinski definition) is 0. The number of nitriles is 1. The molecule has 66 valence electrons. The molecule has 1 saturated heterocycles. The monoisotopic (exact) mass is 166 g/mol. The van der Waals surface area contributed by atoms with Gasteiger partial charge in [0.2, 0.25) is 5.91 Å². The predicted octanol–water partition coefficient (Wildman–Crippen LogP) is 1.01. The van der Waals surface area contributed by atoms with Crippen molar-refractivity contribution < 1.29 is 4.79 Å². The number of carbonyl (C=O) groups excluding carboxylic acids is 1. The first kappa shape index (κ1) is 9.05. The molecule has 1 rings (SSSR count). The smallest absolute Gasteiger partial charge is 0.226 e. The van der Waals surface area contributed by atoms with Gasteiger partial charge in [0.15, 0.2) is 0 Å². The number of nitrogens with zero attached hydrogens (tertiary/aromatic N) is 2. The lowest BCUT2D eigenvalue weighted by Crippen LogP contribution is -2.40. The minimum Gasteiger partial charge on any atom is -0.345 e. The number of likely N-dealkylation sites (tertiary alicyclic amines) is 1. The fourth-order valence-corrected chi connectivity index (χ4v) is 1.62. The van der Waals surface area contributed by atoms with Crippen molar-refractivity contribution in [3.05, 3.63) is 0 Å². The Morgan fingerprint density at radius 2 is 2.42 bits per heavy atom. The van der Waals surface area contributed by atoms with Crippen LogP contribution in [0, 0.1) is 23.2 Å². The minimum atomic E-state index is -0.139. The SMILES string of the molecule is CC(C#N)C1CCCN(C)C1=O. The van der Waals surface area contributed by atoms with Crippen LogP contribution in [0.25, 0.3) is 0 Å². The van der Waals surface area contributed by atoms with E-state index in [2.05, 4.69) is 6.07 Å². The van der Waals surface area contributed by atoms with Gasteiger partial charge in [-0.1, -0.05) is 0 Å². The predicted molar refractivity (Wildman–Crippen MR) is 45.1 cm³/mol. The molecule has 3 heteroatoms. The van der Waals surface area contributed by atoms with Gasteiger partial charge in [-0.3, -0.25) is 4.79 Å². The molecular formula is C9H14N2O. The van der Waals surface area contributed by atoms with Crippen molar-refractivity contribution in [2.45, 2.75) is 19.8 Å². The molecule has 0 spiro atoms. The van der Waals surface area contributed by atoms with Crippen molar-refractivity contribution in [3.63, 3.8) is 0 Å². The Bertz CT molecular complexity index is 219. The van der Waals surface area contributed by atoms with Crippen molar-refractivity contribution in [1.82, 2.24) is 4.90 Å². The molecule has 0 bridgehead atoms. The van der Waals surface area contributed by atoms with Gasteiger partial charge in [-0.25, -0.2) is 0 Å². The topological polar surface area (TPSA) is 44.1 Å². The van der Waals surface area contributed by atoms with E-state index in [9.17, 15) is 4.79 Å². The molecule has 0 radical (unpaired) electrons. The summed E-state index contributed by atoms with van der Waals surface area (Å²) in [7, 11) is 1.80. The first-order valence-electron chi connectivity index (χ1n) is 4.31. The molecule has 1 aliphatic rings. The molecular weight excluding hydrogens is 152 g/mol. The van der Waals surface area contributed by atoms with E-state index in [4.69, 9.17) is 5.26 Å². The highest BCUT2D eigenvalue weighted by Gasteiger charge is 2.30. The molecule has 0 aromatic carbocycles. The Morgan fingerprint density at radius 1 is 1.75 bits per heavy atom. The molecule has 0 saturated carbocycles. The van der Waals surface area contributed by atoms with Crippen LogP contribution in [0.4, 0.5) is 0 Å². The highest BCUT2D eigenvalue weighted by atomic mass is 16.2. The lowest BCUT2D eigenvalue weighted by Gasteiger charge is -2.30. The van der Waals surface area contributed by atoms with Gasteiger partial charge in [-0.15, -0.1) is 0 Å². The lowest BCUT2D eigenvalue weighted by molar-refractivity contribution is -0.137. The van der Waals surface area contributed by atoms with Crippen molar-refractivity contribution in [3.8, 4) is 6.07 Å². The van der Waals surface area contributed by atoms with Crippen molar-refractivity contribution in [1.29, 1.82) is 5.26 Å². The van der Waals surface area contributed by atoms with Crippen LogP contribution in [0.3, 0.4) is 0 Å². The summed E-state index contributed by atoms with van der Waals surface area (Å²) in [5, 5.41) is 8.67. The maximum absolute atomic E-state index is 11.5. The van der Waals surface area contributed by atoms with E-state index >= 15 is 0 Å². The van der Waals surface area contributed by atoms with Crippen molar-refractivity contribution in [2.24, 2.45) is 11.8 Å². The molecule has 0 aromatic heterocycles. The van der Waals surface area contributed by atoms with Crippen LogP contribution in [0.2, 0.25) is 0 Å². The van der Waals surface area contributed by atoms with Crippen LogP contribution in [0.5, 0.6) is 0 Å². The van der Waals surface area contributed by atoms with Crippen LogP contribution in [-0.2, 0) is 4.79 Å². The summed E-state index contributed by atoms with van der Waals surface area (Å²) in [5.74, 6) is -0.0655. The van der Waals surface area contributed by atoms with Crippen molar-refractivity contribution in [2.75, 3.05) is 13.6 Å². The fraction of sp³-hybridized carbons (Fsp3) is 0.778. The maximum Gasteiger partial charge on any atom is 0.226 e. The van der Waals surface area contributed by atoms with E-state index in [1.807, 2.05) is 6.92 Å². The highest BCUT2D eigenvalue weighted by molar-refractivity contribution is 5.79. The number of amides is 1. The summed E-state index contributed by atoms with van der Waals surface area (Å²) in [6.07, 6.45) is 1.90. The van der Waals surface area contributed by atoms with Crippen LogP contribution in [0.15, 0.2) is 0 Å². The zero-order valence-electron chi connectivity index (χ0n) is 7.58. The number of piperidine rings is 1. The van der Waals surface area contributed by atoms with Crippen LogP contribution < -0.4 is 0 Å². The quantitative estimate of drug-likeness (QED) is 0.583. The van der Waals surface area contributed by atoms with Gasteiger partial charge in [0.25, 0.3) is 0 Å². The Balaban J connectivity index is 2.65. The average Bonchev–Trinajstić information content (AvgIpc) is 2.08. The molecule has 2 atom stereocenters. The van der Waals surface area contributed by atoms with Crippen LogP contribution in [-0.4, -0.2) is 24.4 Å². The van der Waals surface area contributed by atoms with Gasteiger partial charge in [-0.2, -0.15) is 5.26 Å². The molecule has 0 aliphatic carbocycles. The number of hydrogen-bond acceptors (Lipinski definition) is 2. The number of carbonyl (C=O) groups is 1. The highest BCUT2D eigenvalue weighted by Crippen LogP contribution is 2.23. The Labute approximate surface area is 73.0 Å². The third-order valence-corrected chi connectivity index (χ3v) is 2.51. The summed E-state index contributed by atoms with van der Waals surface area (Å²) in [5.41, 5.74) is 0. The normalized spacial score (nSPS) is 26.6. The first-order chi connectivity index (χ1) is 5.66. The summed E-state index contributed by atoms with van der Waals surface area (Å²) >= 11 is 0. The zero-order valence-corrected chi connectivity index (χ0v) is 7.58. The fourth-order valence-electron chi connectivity index (χ4n) is 1.62. The molecule has 1 heterocycles. The second-order valence-corrected chi connectivity index (χ2v) is 3.43. The third kappa shape index (κ3) is 1.58. The van der Waals surface area contributed by atoms with E-state index in [1.54, 1.807) is 11.9 Å². The molecule has 2 unspecified atom stereocenters. The van der Waals surface area contributed by atoms with Crippen LogP contribution in [0.1, 0.15) is 19.8 Å². The Kier molecular flexibility index (Phi) is 2.69. The van der Waals surface area contributed by atoms with Gasteiger partial charge >= 0.3 is 0 Å². The van der Waals surface area contributed by atoms with E-state index in [0.29, 0.717) is 0 Å². The second-order valence-electron chi connectivity index (χ2n) is 3.43. The second kappa shape index (κ2) is 3.57. The molecule has 1 aliphatic heterocycles. The largest absolute Gasteiger partial charge is 0.345 e. The maximum atomic E-state index is 11.5. The molecule has 3 nitrogen and oxygen atoms in total. The summed E-state index contributed by atoms with van der Waals surface area (Å²) in [4.78, 5) is 13.2. The van der Waals surface area contributed by atoms with Gasteiger partial charge in [0.05, 0.1) is 17.9 Å².